The SMILES string of the molecule is Cc1ccc(NC2NC=CS2)c(-c2ccc(C(F)(F)F)cc2)c1. The molecule has 0 fully saturated rings. The second kappa shape index (κ2) is 6.20. The van der Waals surface area contributed by atoms with Gasteiger partial charge in [-0.15, -0.1) is 0 Å². The Balaban J connectivity index is 1.92. The van der Waals surface area contributed by atoms with Gasteiger partial charge in [-0.3, -0.25) is 0 Å². The van der Waals surface area contributed by atoms with E-state index >= 15 is 0 Å². The number of aryl methyl sites for hydroxylation is 1. The van der Waals surface area contributed by atoms with Gasteiger partial charge in [-0.2, -0.15) is 13.2 Å². The molecule has 23 heavy (non-hydrogen) atoms. The van der Waals surface area contributed by atoms with Crippen LogP contribution in [-0.2, 0) is 6.18 Å². The van der Waals surface area contributed by atoms with Crippen LogP contribution < -0.4 is 10.6 Å². The molecule has 2 aromatic carbocycles. The third kappa shape index (κ3) is 3.64. The zero-order valence-corrected chi connectivity index (χ0v) is 13.1. The predicted molar refractivity (Wildman–Crippen MR) is 88.9 cm³/mol. The van der Waals surface area contributed by atoms with Crippen LogP contribution in [0.4, 0.5) is 18.9 Å². The van der Waals surface area contributed by atoms with Gasteiger partial charge in [0.2, 0.25) is 0 Å². The van der Waals surface area contributed by atoms with E-state index < -0.39 is 11.7 Å². The molecule has 6 heteroatoms. The molecular formula is C17H15F3N2S. The zero-order chi connectivity index (χ0) is 16.4. The normalized spacial score (nSPS) is 17.1. The van der Waals surface area contributed by atoms with E-state index in [0.29, 0.717) is 0 Å². The van der Waals surface area contributed by atoms with Crippen molar-refractivity contribution in [2.75, 3.05) is 5.32 Å². The highest BCUT2D eigenvalue weighted by Gasteiger charge is 2.30. The van der Waals surface area contributed by atoms with Gasteiger partial charge < -0.3 is 10.6 Å². The van der Waals surface area contributed by atoms with E-state index in [1.54, 1.807) is 11.8 Å². The van der Waals surface area contributed by atoms with Crippen LogP contribution >= 0.6 is 11.8 Å². The average Bonchev–Trinajstić information content (AvgIpc) is 3.01. The lowest BCUT2D eigenvalue weighted by atomic mass is 10.00. The zero-order valence-electron chi connectivity index (χ0n) is 12.3. The molecule has 120 valence electrons. The van der Waals surface area contributed by atoms with Crippen molar-refractivity contribution in [1.82, 2.24) is 5.32 Å². The first-order valence-corrected chi connectivity index (χ1v) is 7.99. The van der Waals surface area contributed by atoms with Crippen LogP contribution in [0.25, 0.3) is 11.1 Å². The van der Waals surface area contributed by atoms with Gasteiger partial charge in [0.25, 0.3) is 0 Å². The Morgan fingerprint density at radius 3 is 2.43 bits per heavy atom. The van der Waals surface area contributed by atoms with Crippen LogP contribution in [0.5, 0.6) is 0 Å². The summed E-state index contributed by atoms with van der Waals surface area (Å²) < 4.78 is 38.1. The number of thioether (sulfide) groups is 1. The molecule has 2 aromatic rings. The molecule has 2 nitrogen and oxygen atoms in total. The van der Waals surface area contributed by atoms with Crippen molar-refractivity contribution < 1.29 is 13.2 Å². The summed E-state index contributed by atoms with van der Waals surface area (Å²) in [5, 5.41) is 8.45. The van der Waals surface area contributed by atoms with Crippen LogP contribution in [0.3, 0.4) is 0 Å². The van der Waals surface area contributed by atoms with Crippen LogP contribution in [0.2, 0.25) is 0 Å². The molecule has 1 aliphatic rings. The third-order valence-corrected chi connectivity index (χ3v) is 4.33. The Labute approximate surface area is 136 Å². The van der Waals surface area contributed by atoms with Crippen LogP contribution in [0, 0.1) is 6.92 Å². The maximum absolute atomic E-state index is 12.7. The summed E-state index contributed by atoms with van der Waals surface area (Å²) in [5.41, 5.74) is 2.94. The fourth-order valence-electron chi connectivity index (χ4n) is 2.36. The summed E-state index contributed by atoms with van der Waals surface area (Å²) in [7, 11) is 0. The fraction of sp³-hybridized carbons (Fsp3) is 0.176. The van der Waals surface area contributed by atoms with Crippen molar-refractivity contribution in [2.24, 2.45) is 0 Å². The quantitative estimate of drug-likeness (QED) is 0.807. The number of halogens is 3. The molecule has 0 aromatic heterocycles. The number of nitrogens with one attached hydrogen (secondary N) is 2. The molecule has 0 amide bonds. The van der Waals surface area contributed by atoms with E-state index in [2.05, 4.69) is 10.6 Å². The smallest absolute Gasteiger partial charge is 0.362 e. The molecule has 0 saturated carbocycles. The molecule has 1 heterocycles. The maximum Gasteiger partial charge on any atom is 0.416 e. The minimum Gasteiger partial charge on any atom is -0.362 e. The fourth-order valence-corrected chi connectivity index (χ4v) is 3.03. The van der Waals surface area contributed by atoms with Crippen LogP contribution in [-0.4, -0.2) is 5.50 Å². The molecule has 0 aliphatic carbocycles. The summed E-state index contributed by atoms with van der Waals surface area (Å²) >= 11 is 1.60. The summed E-state index contributed by atoms with van der Waals surface area (Å²) in [6.45, 7) is 1.96. The Hall–Kier alpha value is -2.08. The summed E-state index contributed by atoms with van der Waals surface area (Å²) in [6, 6.07) is 11.1. The molecule has 1 unspecified atom stereocenters. The molecule has 1 aliphatic heterocycles. The Morgan fingerprint density at radius 2 is 1.83 bits per heavy atom. The number of anilines is 1. The number of hydrogen-bond donors (Lipinski definition) is 2. The van der Waals surface area contributed by atoms with Gasteiger partial charge in [-0.1, -0.05) is 35.5 Å². The summed E-state index contributed by atoms with van der Waals surface area (Å²) in [5.74, 6) is 0. The van der Waals surface area contributed by atoms with E-state index in [9.17, 15) is 13.2 Å². The highest BCUT2D eigenvalue weighted by molar-refractivity contribution is 8.03. The van der Waals surface area contributed by atoms with E-state index in [0.717, 1.165) is 34.5 Å². The Kier molecular flexibility index (Phi) is 4.26. The topological polar surface area (TPSA) is 24.1 Å². The lowest BCUT2D eigenvalue weighted by Gasteiger charge is -2.18. The molecule has 0 radical (unpaired) electrons. The van der Waals surface area contributed by atoms with E-state index in [-0.39, 0.29) is 5.50 Å². The van der Waals surface area contributed by atoms with Crippen molar-refractivity contribution in [3.8, 4) is 11.1 Å². The molecule has 0 saturated heterocycles. The molecule has 0 bridgehead atoms. The lowest BCUT2D eigenvalue weighted by Crippen LogP contribution is -2.25. The lowest BCUT2D eigenvalue weighted by molar-refractivity contribution is -0.137. The average molecular weight is 336 g/mol. The standard InChI is InChI=1S/C17H15F3N2S/c1-11-2-7-15(22-16-21-8-9-23-16)14(10-11)12-3-5-13(6-4-12)17(18,19)20/h2-10,16,21-22H,1H3. The monoisotopic (exact) mass is 336 g/mol. The van der Waals surface area contributed by atoms with Crippen LogP contribution in [0.15, 0.2) is 54.1 Å². The van der Waals surface area contributed by atoms with Gasteiger partial charge in [0.05, 0.1) is 5.56 Å². The Bertz CT molecular complexity index is 716. The van der Waals surface area contributed by atoms with Gasteiger partial charge >= 0.3 is 6.18 Å². The van der Waals surface area contributed by atoms with Crippen molar-refractivity contribution in [1.29, 1.82) is 0 Å². The van der Waals surface area contributed by atoms with Gasteiger partial charge in [-0.25, -0.2) is 0 Å². The van der Waals surface area contributed by atoms with Gasteiger partial charge in [0.15, 0.2) is 0 Å². The highest BCUT2D eigenvalue weighted by atomic mass is 32.2. The van der Waals surface area contributed by atoms with Crippen molar-refractivity contribution in [3.63, 3.8) is 0 Å². The molecule has 1 atom stereocenters. The number of rotatable bonds is 3. The molecule has 2 N–H and O–H groups in total. The maximum atomic E-state index is 12.7. The first kappa shape index (κ1) is 15.8. The number of hydrogen-bond acceptors (Lipinski definition) is 3. The third-order valence-electron chi connectivity index (χ3n) is 3.52. The van der Waals surface area contributed by atoms with Crippen molar-refractivity contribution in [3.05, 3.63) is 65.2 Å². The number of alkyl halides is 3. The summed E-state index contributed by atoms with van der Waals surface area (Å²) in [4.78, 5) is 0. The first-order valence-electron chi connectivity index (χ1n) is 7.05. The minimum atomic E-state index is -4.32. The second-order valence-electron chi connectivity index (χ2n) is 5.25. The first-order chi connectivity index (χ1) is 10.9. The second-order valence-corrected chi connectivity index (χ2v) is 6.27. The summed E-state index contributed by atoms with van der Waals surface area (Å²) in [6.07, 6.45) is -2.46. The van der Waals surface area contributed by atoms with Gasteiger partial charge in [0, 0.05) is 17.5 Å². The van der Waals surface area contributed by atoms with E-state index in [1.165, 1.54) is 12.1 Å². The highest BCUT2D eigenvalue weighted by Crippen LogP contribution is 2.34. The molecular weight excluding hydrogens is 321 g/mol. The van der Waals surface area contributed by atoms with Crippen molar-refractivity contribution in [2.45, 2.75) is 18.6 Å². The van der Waals surface area contributed by atoms with Gasteiger partial charge in [-0.05, 0) is 42.2 Å². The van der Waals surface area contributed by atoms with E-state index in [1.807, 2.05) is 36.7 Å². The van der Waals surface area contributed by atoms with E-state index in [4.69, 9.17) is 0 Å². The Morgan fingerprint density at radius 1 is 1.09 bits per heavy atom. The minimum absolute atomic E-state index is 0.0194. The van der Waals surface area contributed by atoms with Crippen molar-refractivity contribution >= 4 is 17.4 Å². The largest absolute Gasteiger partial charge is 0.416 e. The van der Waals surface area contributed by atoms with Gasteiger partial charge in [0.1, 0.15) is 5.50 Å². The molecule has 3 rings (SSSR count). The molecule has 0 spiro atoms. The number of benzene rings is 2. The predicted octanol–water partition coefficient (Wildman–Crippen LogP) is 5.18. The van der Waals surface area contributed by atoms with Crippen LogP contribution in [0.1, 0.15) is 11.1 Å².